The van der Waals surface area contributed by atoms with Crippen LogP contribution >= 0.6 is 11.8 Å². The molecule has 19 heavy (non-hydrogen) atoms. The van der Waals surface area contributed by atoms with Crippen molar-refractivity contribution in [1.82, 2.24) is 9.97 Å². The van der Waals surface area contributed by atoms with Gasteiger partial charge in [0.25, 0.3) is 5.22 Å². The zero-order valence-corrected chi connectivity index (χ0v) is 10.4. The molecule has 0 atom stereocenters. The van der Waals surface area contributed by atoms with Gasteiger partial charge < -0.3 is 9.52 Å². The Morgan fingerprint density at radius 3 is 2.89 bits per heavy atom. The van der Waals surface area contributed by atoms with E-state index in [1.165, 1.54) is 24.1 Å². The van der Waals surface area contributed by atoms with E-state index >= 15 is 0 Å². The van der Waals surface area contributed by atoms with Gasteiger partial charge in [0.1, 0.15) is 12.0 Å². The number of oxazole rings is 1. The molecule has 5 nitrogen and oxygen atoms in total. The van der Waals surface area contributed by atoms with Crippen molar-refractivity contribution in [1.29, 1.82) is 0 Å². The molecule has 0 bridgehead atoms. The Morgan fingerprint density at radius 2 is 2.16 bits per heavy atom. The van der Waals surface area contributed by atoms with Gasteiger partial charge in [-0.3, -0.25) is 0 Å². The average Bonchev–Trinajstić information content (AvgIpc) is 2.91. The number of nitrogens with zero attached hydrogens (tertiary/aromatic N) is 2. The SMILES string of the molecule is O=C(O)c1cc(Sc2ncco2)c2ccccc2n1. The maximum absolute atomic E-state index is 11.1. The van der Waals surface area contributed by atoms with E-state index in [1.807, 2.05) is 18.2 Å². The van der Waals surface area contributed by atoms with Crippen LogP contribution in [-0.4, -0.2) is 21.0 Å². The maximum Gasteiger partial charge on any atom is 0.354 e. The van der Waals surface area contributed by atoms with Crippen molar-refractivity contribution in [2.45, 2.75) is 10.1 Å². The summed E-state index contributed by atoms with van der Waals surface area (Å²) >= 11 is 1.27. The summed E-state index contributed by atoms with van der Waals surface area (Å²) in [5, 5.41) is 10.4. The standard InChI is InChI=1S/C13H8N2O3S/c16-12(17)10-7-11(19-13-14-5-6-18-13)8-3-1-2-4-9(8)15-10/h1-7H,(H,16,17). The zero-order chi connectivity index (χ0) is 13.2. The number of para-hydroxylation sites is 1. The number of rotatable bonds is 3. The fourth-order valence-electron chi connectivity index (χ4n) is 1.69. The van der Waals surface area contributed by atoms with Gasteiger partial charge in [0.05, 0.1) is 11.7 Å². The van der Waals surface area contributed by atoms with Crippen molar-refractivity contribution in [2.24, 2.45) is 0 Å². The quantitative estimate of drug-likeness (QED) is 0.789. The Balaban J connectivity index is 2.17. The molecule has 94 valence electrons. The molecule has 3 aromatic rings. The molecule has 0 unspecified atom stereocenters. The van der Waals surface area contributed by atoms with Crippen LogP contribution < -0.4 is 0 Å². The highest BCUT2D eigenvalue weighted by Gasteiger charge is 2.13. The molecule has 0 saturated heterocycles. The molecule has 0 radical (unpaired) electrons. The monoisotopic (exact) mass is 272 g/mol. The van der Waals surface area contributed by atoms with Gasteiger partial charge in [-0.15, -0.1) is 0 Å². The van der Waals surface area contributed by atoms with Crippen LogP contribution in [-0.2, 0) is 0 Å². The van der Waals surface area contributed by atoms with Crippen LogP contribution in [0.1, 0.15) is 10.5 Å². The van der Waals surface area contributed by atoms with Gasteiger partial charge in [-0.05, 0) is 23.9 Å². The molecule has 1 N–H and O–H groups in total. The summed E-state index contributed by atoms with van der Waals surface area (Å²) in [6.45, 7) is 0. The van der Waals surface area contributed by atoms with E-state index in [2.05, 4.69) is 9.97 Å². The first-order valence-corrected chi connectivity index (χ1v) is 6.26. The number of hydrogen-bond donors (Lipinski definition) is 1. The number of aromatic nitrogens is 2. The number of carboxylic acids is 1. The van der Waals surface area contributed by atoms with Crippen LogP contribution in [0.15, 0.2) is 57.3 Å². The largest absolute Gasteiger partial charge is 0.477 e. The molecule has 6 heteroatoms. The minimum atomic E-state index is -1.06. The molecule has 0 fully saturated rings. The van der Waals surface area contributed by atoms with E-state index in [-0.39, 0.29) is 5.69 Å². The van der Waals surface area contributed by atoms with Gasteiger partial charge in [-0.1, -0.05) is 18.2 Å². The second-order valence-corrected chi connectivity index (χ2v) is 4.72. The Bertz CT molecular complexity index is 741. The van der Waals surface area contributed by atoms with E-state index < -0.39 is 5.97 Å². The van der Waals surface area contributed by atoms with Crippen molar-refractivity contribution in [3.05, 3.63) is 48.5 Å². The highest BCUT2D eigenvalue weighted by atomic mass is 32.2. The maximum atomic E-state index is 11.1. The third-order valence-electron chi connectivity index (χ3n) is 2.50. The summed E-state index contributed by atoms with van der Waals surface area (Å²) in [4.78, 5) is 20.0. The minimum absolute atomic E-state index is 0.00718. The molecular formula is C13H8N2O3S. The lowest BCUT2D eigenvalue weighted by Crippen LogP contribution is -2.00. The van der Waals surface area contributed by atoms with Gasteiger partial charge in [0.2, 0.25) is 0 Å². The highest BCUT2D eigenvalue weighted by molar-refractivity contribution is 7.99. The van der Waals surface area contributed by atoms with Gasteiger partial charge in [-0.25, -0.2) is 14.8 Å². The summed E-state index contributed by atoms with van der Waals surface area (Å²) in [6, 6.07) is 8.89. The molecule has 3 rings (SSSR count). The van der Waals surface area contributed by atoms with E-state index in [1.54, 1.807) is 12.3 Å². The smallest absolute Gasteiger partial charge is 0.354 e. The third-order valence-corrected chi connectivity index (χ3v) is 3.44. The molecule has 0 spiro atoms. The van der Waals surface area contributed by atoms with E-state index in [9.17, 15) is 4.79 Å². The van der Waals surface area contributed by atoms with E-state index in [4.69, 9.17) is 9.52 Å². The van der Waals surface area contributed by atoms with Crippen LogP contribution in [0.3, 0.4) is 0 Å². The van der Waals surface area contributed by atoms with Gasteiger partial charge in [0, 0.05) is 10.3 Å². The van der Waals surface area contributed by atoms with Crippen LogP contribution in [0.4, 0.5) is 0 Å². The normalized spacial score (nSPS) is 10.7. The predicted molar refractivity (Wildman–Crippen MR) is 69.3 cm³/mol. The molecule has 1 aromatic carbocycles. The fourth-order valence-corrected chi connectivity index (χ4v) is 2.55. The summed E-state index contributed by atoms with van der Waals surface area (Å²) < 4.78 is 5.17. The molecule has 0 amide bonds. The Kier molecular flexibility index (Phi) is 2.92. The molecule has 0 aliphatic heterocycles. The van der Waals surface area contributed by atoms with Crippen molar-refractivity contribution in [3.8, 4) is 0 Å². The van der Waals surface area contributed by atoms with Crippen molar-refractivity contribution in [2.75, 3.05) is 0 Å². The molecule has 2 aromatic heterocycles. The summed E-state index contributed by atoms with van der Waals surface area (Å²) in [5.74, 6) is -1.06. The Hall–Kier alpha value is -2.34. The third kappa shape index (κ3) is 2.30. The zero-order valence-electron chi connectivity index (χ0n) is 9.61. The van der Waals surface area contributed by atoms with Crippen LogP contribution in [0.25, 0.3) is 10.9 Å². The van der Waals surface area contributed by atoms with E-state index in [0.717, 1.165) is 10.3 Å². The molecule has 0 aliphatic carbocycles. The first kappa shape index (κ1) is 11.7. The first-order valence-electron chi connectivity index (χ1n) is 5.44. The number of fused-ring (bicyclic) bond motifs is 1. The second kappa shape index (κ2) is 4.74. The highest BCUT2D eigenvalue weighted by Crippen LogP contribution is 2.32. The first-order chi connectivity index (χ1) is 9.24. The van der Waals surface area contributed by atoms with Crippen LogP contribution in [0.2, 0.25) is 0 Å². The lowest BCUT2D eigenvalue weighted by molar-refractivity contribution is 0.0690. The molecule has 0 aliphatic rings. The molecule has 0 saturated carbocycles. The average molecular weight is 272 g/mol. The number of aromatic carboxylic acids is 1. The van der Waals surface area contributed by atoms with Crippen molar-refractivity contribution < 1.29 is 14.3 Å². The van der Waals surface area contributed by atoms with Gasteiger partial charge in [0.15, 0.2) is 0 Å². The van der Waals surface area contributed by atoms with Crippen molar-refractivity contribution in [3.63, 3.8) is 0 Å². The predicted octanol–water partition coefficient (Wildman–Crippen LogP) is 3.07. The summed E-state index contributed by atoms with van der Waals surface area (Å²) in [5.41, 5.74) is 0.643. The molecule has 2 heterocycles. The van der Waals surface area contributed by atoms with Crippen molar-refractivity contribution >= 4 is 28.6 Å². The van der Waals surface area contributed by atoms with Crippen LogP contribution in [0.5, 0.6) is 0 Å². The number of carbonyl (C=O) groups is 1. The Labute approximate surface area is 112 Å². The summed E-state index contributed by atoms with van der Waals surface area (Å²) in [6.07, 6.45) is 3.02. The van der Waals surface area contributed by atoms with Gasteiger partial charge in [-0.2, -0.15) is 0 Å². The fraction of sp³-hybridized carbons (Fsp3) is 0. The minimum Gasteiger partial charge on any atom is -0.477 e. The van der Waals surface area contributed by atoms with Gasteiger partial charge >= 0.3 is 5.97 Å². The summed E-state index contributed by atoms with van der Waals surface area (Å²) in [7, 11) is 0. The topological polar surface area (TPSA) is 76.2 Å². The van der Waals surface area contributed by atoms with Crippen LogP contribution in [0, 0.1) is 0 Å². The number of benzene rings is 1. The number of hydrogen-bond acceptors (Lipinski definition) is 5. The lowest BCUT2D eigenvalue weighted by atomic mass is 10.2. The van der Waals surface area contributed by atoms with E-state index in [0.29, 0.717) is 10.7 Å². The number of pyridine rings is 1. The lowest BCUT2D eigenvalue weighted by Gasteiger charge is -2.05. The second-order valence-electron chi connectivity index (χ2n) is 3.73. The number of carboxylic acid groups (broad SMARTS) is 1. The Morgan fingerprint density at radius 1 is 1.32 bits per heavy atom. The molecular weight excluding hydrogens is 264 g/mol.